The number of likely N-dealkylation sites (tertiary alicyclic amines) is 1. The van der Waals surface area contributed by atoms with Crippen molar-refractivity contribution < 1.29 is 14.3 Å². The van der Waals surface area contributed by atoms with Crippen molar-refractivity contribution in [2.75, 3.05) is 26.2 Å². The largest absolute Gasteiger partial charge is 0.450 e. The lowest BCUT2D eigenvalue weighted by Gasteiger charge is -2.33. The molecule has 0 radical (unpaired) electrons. The van der Waals surface area contributed by atoms with Crippen LogP contribution in [0.25, 0.3) is 0 Å². The van der Waals surface area contributed by atoms with Gasteiger partial charge in [0.2, 0.25) is 5.91 Å². The van der Waals surface area contributed by atoms with Crippen LogP contribution in [0.3, 0.4) is 0 Å². The van der Waals surface area contributed by atoms with Crippen LogP contribution in [0.1, 0.15) is 40.0 Å². The Morgan fingerprint density at radius 2 is 2.15 bits per heavy atom. The molecule has 0 aromatic heterocycles. The first-order valence-corrected chi connectivity index (χ1v) is 7.47. The molecule has 0 saturated carbocycles. The Balaban J connectivity index is 2.32. The zero-order valence-electron chi connectivity index (χ0n) is 12.8. The number of hydrogen-bond acceptors (Lipinski definition) is 4. The minimum absolute atomic E-state index is 0.00445. The minimum atomic E-state index is -0.395. The number of hydrogen-bond donors (Lipinski definition) is 2. The van der Waals surface area contributed by atoms with E-state index in [0.29, 0.717) is 32.2 Å². The molecule has 1 aliphatic rings. The van der Waals surface area contributed by atoms with Gasteiger partial charge in [-0.15, -0.1) is 0 Å². The number of amides is 2. The highest BCUT2D eigenvalue weighted by Gasteiger charge is 2.24. The van der Waals surface area contributed by atoms with Crippen molar-refractivity contribution >= 4 is 12.0 Å². The standard InChI is InChI=1S/C14H27N3O3/c1-4-20-14(19)16-12-6-5-9-17(10-12)13(18)7-8-15-11(2)3/h11-12,15H,4-10H2,1-3H3,(H,16,19). The maximum atomic E-state index is 12.1. The fraction of sp³-hybridized carbons (Fsp3) is 0.857. The highest BCUT2D eigenvalue weighted by Crippen LogP contribution is 2.11. The monoisotopic (exact) mass is 285 g/mol. The van der Waals surface area contributed by atoms with Crippen LogP contribution in [0, 0.1) is 0 Å². The molecule has 0 aromatic rings. The molecule has 1 heterocycles. The molecule has 116 valence electrons. The van der Waals surface area contributed by atoms with Crippen LogP contribution in [0.15, 0.2) is 0 Å². The molecule has 1 saturated heterocycles. The maximum absolute atomic E-state index is 12.1. The molecule has 0 aliphatic carbocycles. The van der Waals surface area contributed by atoms with Gasteiger partial charge < -0.3 is 20.3 Å². The first-order valence-electron chi connectivity index (χ1n) is 7.47. The number of alkyl carbamates (subject to hydrolysis) is 1. The Morgan fingerprint density at radius 1 is 1.40 bits per heavy atom. The van der Waals surface area contributed by atoms with E-state index in [4.69, 9.17) is 4.74 Å². The molecule has 1 fully saturated rings. The van der Waals surface area contributed by atoms with Crippen LogP contribution in [0.2, 0.25) is 0 Å². The van der Waals surface area contributed by atoms with Crippen LogP contribution in [0.5, 0.6) is 0 Å². The molecule has 1 atom stereocenters. The van der Waals surface area contributed by atoms with Gasteiger partial charge in [-0.1, -0.05) is 13.8 Å². The number of carbonyl (C=O) groups excluding carboxylic acids is 2. The van der Waals surface area contributed by atoms with E-state index in [1.807, 2.05) is 4.90 Å². The third kappa shape index (κ3) is 6.23. The topological polar surface area (TPSA) is 70.7 Å². The van der Waals surface area contributed by atoms with Gasteiger partial charge in [-0.05, 0) is 19.8 Å². The van der Waals surface area contributed by atoms with Crippen molar-refractivity contribution in [3.63, 3.8) is 0 Å². The van der Waals surface area contributed by atoms with Crippen molar-refractivity contribution in [2.24, 2.45) is 0 Å². The SMILES string of the molecule is CCOC(=O)NC1CCCN(C(=O)CCNC(C)C)C1. The summed E-state index contributed by atoms with van der Waals surface area (Å²) in [6.45, 7) is 8.32. The highest BCUT2D eigenvalue weighted by molar-refractivity contribution is 5.76. The van der Waals surface area contributed by atoms with E-state index < -0.39 is 6.09 Å². The number of piperidine rings is 1. The zero-order valence-corrected chi connectivity index (χ0v) is 12.8. The molecule has 20 heavy (non-hydrogen) atoms. The predicted octanol–water partition coefficient (Wildman–Crippen LogP) is 1.11. The normalized spacial score (nSPS) is 19.0. The Hall–Kier alpha value is -1.30. The number of nitrogens with one attached hydrogen (secondary N) is 2. The third-order valence-electron chi connectivity index (χ3n) is 3.26. The summed E-state index contributed by atoms with van der Waals surface area (Å²) < 4.78 is 4.87. The van der Waals surface area contributed by atoms with Gasteiger partial charge in [0.1, 0.15) is 0 Å². The van der Waals surface area contributed by atoms with Gasteiger partial charge in [-0.2, -0.15) is 0 Å². The molecule has 1 rings (SSSR count). The summed E-state index contributed by atoms with van der Waals surface area (Å²) in [6, 6.07) is 0.396. The molecule has 1 aliphatic heterocycles. The summed E-state index contributed by atoms with van der Waals surface area (Å²) in [5.74, 6) is 0.147. The van der Waals surface area contributed by atoms with Gasteiger partial charge in [-0.25, -0.2) is 4.79 Å². The lowest BCUT2D eigenvalue weighted by Crippen LogP contribution is -2.50. The number of ether oxygens (including phenoxy) is 1. The van der Waals surface area contributed by atoms with Crippen molar-refractivity contribution in [3.8, 4) is 0 Å². The number of rotatable bonds is 6. The van der Waals surface area contributed by atoms with Crippen molar-refractivity contribution in [3.05, 3.63) is 0 Å². The van der Waals surface area contributed by atoms with E-state index in [0.717, 1.165) is 19.4 Å². The average Bonchev–Trinajstić information content (AvgIpc) is 2.38. The summed E-state index contributed by atoms with van der Waals surface area (Å²) >= 11 is 0. The second kappa shape index (κ2) is 8.79. The van der Waals surface area contributed by atoms with E-state index in [1.54, 1.807) is 6.92 Å². The summed E-state index contributed by atoms with van der Waals surface area (Å²) in [5.41, 5.74) is 0. The Morgan fingerprint density at radius 3 is 2.80 bits per heavy atom. The fourth-order valence-corrected chi connectivity index (χ4v) is 2.29. The smallest absolute Gasteiger partial charge is 0.407 e. The van der Waals surface area contributed by atoms with E-state index in [-0.39, 0.29) is 11.9 Å². The molecule has 1 unspecified atom stereocenters. The molecule has 0 spiro atoms. The second-order valence-corrected chi connectivity index (χ2v) is 5.40. The quantitative estimate of drug-likeness (QED) is 0.767. The Kier molecular flexibility index (Phi) is 7.36. The van der Waals surface area contributed by atoms with Gasteiger partial charge in [0.15, 0.2) is 0 Å². The fourth-order valence-electron chi connectivity index (χ4n) is 2.29. The van der Waals surface area contributed by atoms with Crippen LogP contribution >= 0.6 is 0 Å². The molecule has 6 heteroatoms. The lowest BCUT2D eigenvalue weighted by molar-refractivity contribution is -0.132. The highest BCUT2D eigenvalue weighted by atomic mass is 16.5. The molecule has 2 amide bonds. The lowest BCUT2D eigenvalue weighted by atomic mass is 10.1. The number of nitrogens with zero attached hydrogens (tertiary/aromatic N) is 1. The third-order valence-corrected chi connectivity index (χ3v) is 3.26. The molecule has 2 N–H and O–H groups in total. The molecule has 0 bridgehead atoms. The van der Waals surface area contributed by atoms with Gasteiger partial charge in [0.25, 0.3) is 0 Å². The Bertz CT molecular complexity index is 321. The maximum Gasteiger partial charge on any atom is 0.407 e. The summed E-state index contributed by atoms with van der Waals surface area (Å²) in [4.78, 5) is 25.3. The van der Waals surface area contributed by atoms with E-state index in [9.17, 15) is 9.59 Å². The first kappa shape index (κ1) is 16.8. The average molecular weight is 285 g/mol. The molecular formula is C14H27N3O3. The van der Waals surface area contributed by atoms with Crippen molar-refractivity contribution in [1.29, 1.82) is 0 Å². The summed E-state index contributed by atoms with van der Waals surface area (Å²) in [7, 11) is 0. The summed E-state index contributed by atoms with van der Waals surface area (Å²) in [6.07, 6.45) is 1.92. The van der Waals surface area contributed by atoms with Crippen LogP contribution in [0.4, 0.5) is 4.79 Å². The second-order valence-electron chi connectivity index (χ2n) is 5.40. The van der Waals surface area contributed by atoms with Crippen LogP contribution in [-0.4, -0.2) is 55.2 Å². The Labute approximate surface area is 121 Å². The van der Waals surface area contributed by atoms with Crippen molar-refractivity contribution in [2.45, 2.75) is 52.1 Å². The van der Waals surface area contributed by atoms with E-state index in [1.165, 1.54) is 0 Å². The molecular weight excluding hydrogens is 258 g/mol. The van der Waals surface area contributed by atoms with Crippen LogP contribution in [-0.2, 0) is 9.53 Å². The molecule has 0 aromatic carbocycles. The van der Waals surface area contributed by atoms with Crippen LogP contribution < -0.4 is 10.6 Å². The van der Waals surface area contributed by atoms with Gasteiger partial charge in [-0.3, -0.25) is 4.79 Å². The number of carbonyl (C=O) groups is 2. The van der Waals surface area contributed by atoms with E-state index >= 15 is 0 Å². The minimum Gasteiger partial charge on any atom is -0.450 e. The van der Waals surface area contributed by atoms with Gasteiger partial charge in [0.05, 0.1) is 6.61 Å². The predicted molar refractivity (Wildman–Crippen MR) is 77.5 cm³/mol. The first-order chi connectivity index (χ1) is 9.52. The molecule has 6 nitrogen and oxygen atoms in total. The van der Waals surface area contributed by atoms with Crippen molar-refractivity contribution in [1.82, 2.24) is 15.5 Å². The summed E-state index contributed by atoms with van der Waals surface area (Å²) in [5, 5.41) is 6.05. The van der Waals surface area contributed by atoms with Gasteiger partial charge in [0, 0.05) is 38.1 Å². The van der Waals surface area contributed by atoms with Gasteiger partial charge >= 0.3 is 6.09 Å². The van der Waals surface area contributed by atoms with E-state index in [2.05, 4.69) is 24.5 Å². The zero-order chi connectivity index (χ0) is 15.0.